The van der Waals surface area contributed by atoms with Crippen molar-refractivity contribution in [1.82, 2.24) is 9.78 Å². The fraction of sp³-hybridized carbons (Fsp3) is 0.692. The Morgan fingerprint density at radius 2 is 2.41 bits per heavy atom. The summed E-state index contributed by atoms with van der Waals surface area (Å²) >= 11 is 0. The minimum absolute atomic E-state index is 0.0755. The van der Waals surface area contributed by atoms with Gasteiger partial charge in [-0.1, -0.05) is 13.3 Å². The molecule has 17 heavy (non-hydrogen) atoms. The fourth-order valence-electron chi connectivity index (χ4n) is 2.82. The highest BCUT2D eigenvalue weighted by atomic mass is 16.5. The Kier molecular flexibility index (Phi) is 3.33. The SMILES string of the molecule is COC1(C(=O)c2ccnn2C)CCCC(C)C1. The lowest BCUT2D eigenvalue weighted by molar-refractivity contribution is -0.0308. The Balaban J connectivity index is 2.29. The van der Waals surface area contributed by atoms with E-state index < -0.39 is 5.60 Å². The lowest BCUT2D eigenvalue weighted by atomic mass is 9.75. The van der Waals surface area contributed by atoms with E-state index in [9.17, 15) is 4.79 Å². The molecular weight excluding hydrogens is 216 g/mol. The Morgan fingerprint density at radius 3 is 2.94 bits per heavy atom. The molecule has 94 valence electrons. The summed E-state index contributed by atoms with van der Waals surface area (Å²) in [4.78, 5) is 12.6. The van der Waals surface area contributed by atoms with Crippen LogP contribution in [0.2, 0.25) is 0 Å². The van der Waals surface area contributed by atoms with E-state index in [4.69, 9.17) is 4.74 Å². The summed E-state index contributed by atoms with van der Waals surface area (Å²) in [5.74, 6) is 0.618. The number of ketones is 1. The molecule has 1 aliphatic carbocycles. The van der Waals surface area contributed by atoms with Crippen LogP contribution in [0.3, 0.4) is 0 Å². The van der Waals surface area contributed by atoms with Crippen molar-refractivity contribution in [1.29, 1.82) is 0 Å². The number of methoxy groups -OCH3 is 1. The molecule has 0 amide bonds. The van der Waals surface area contributed by atoms with Gasteiger partial charge >= 0.3 is 0 Å². The van der Waals surface area contributed by atoms with Crippen molar-refractivity contribution < 1.29 is 9.53 Å². The Bertz CT molecular complexity index is 413. The maximum Gasteiger partial charge on any atom is 0.212 e. The van der Waals surface area contributed by atoms with Crippen LogP contribution in [-0.4, -0.2) is 28.3 Å². The molecule has 1 fully saturated rings. The van der Waals surface area contributed by atoms with Crippen molar-refractivity contribution in [3.8, 4) is 0 Å². The van der Waals surface area contributed by atoms with Gasteiger partial charge < -0.3 is 4.74 Å². The number of aryl methyl sites for hydroxylation is 1. The van der Waals surface area contributed by atoms with Crippen molar-refractivity contribution >= 4 is 5.78 Å². The smallest absolute Gasteiger partial charge is 0.212 e. The summed E-state index contributed by atoms with van der Waals surface area (Å²) in [6.45, 7) is 2.18. The molecule has 1 aromatic heterocycles. The summed E-state index contributed by atoms with van der Waals surface area (Å²) in [6.07, 6.45) is 5.52. The van der Waals surface area contributed by atoms with Crippen LogP contribution in [0.4, 0.5) is 0 Å². The Hall–Kier alpha value is -1.16. The number of nitrogens with zero attached hydrogens (tertiary/aromatic N) is 2. The summed E-state index contributed by atoms with van der Waals surface area (Å²) < 4.78 is 7.23. The van der Waals surface area contributed by atoms with Gasteiger partial charge in [-0.25, -0.2) is 0 Å². The van der Waals surface area contributed by atoms with Crippen molar-refractivity contribution in [3.05, 3.63) is 18.0 Å². The number of hydrogen-bond donors (Lipinski definition) is 0. The molecule has 0 bridgehead atoms. The van der Waals surface area contributed by atoms with E-state index in [1.54, 1.807) is 31.1 Å². The fourth-order valence-corrected chi connectivity index (χ4v) is 2.82. The van der Waals surface area contributed by atoms with Crippen molar-refractivity contribution in [3.63, 3.8) is 0 Å². The average molecular weight is 236 g/mol. The maximum atomic E-state index is 12.6. The van der Waals surface area contributed by atoms with E-state index in [2.05, 4.69) is 12.0 Å². The zero-order chi connectivity index (χ0) is 12.5. The number of rotatable bonds is 3. The van der Waals surface area contributed by atoms with Gasteiger partial charge in [-0.3, -0.25) is 9.48 Å². The highest BCUT2D eigenvalue weighted by molar-refractivity contribution is 6.01. The number of carbonyl (C=O) groups excluding carboxylic acids is 1. The van der Waals surface area contributed by atoms with E-state index in [0.29, 0.717) is 11.6 Å². The minimum atomic E-state index is -0.633. The predicted octanol–water partition coefficient (Wildman–Crippen LogP) is 2.20. The van der Waals surface area contributed by atoms with Crippen LogP contribution >= 0.6 is 0 Å². The zero-order valence-electron chi connectivity index (χ0n) is 10.8. The first kappa shape index (κ1) is 12.3. The van der Waals surface area contributed by atoms with Crippen LogP contribution in [-0.2, 0) is 11.8 Å². The molecule has 2 rings (SSSR count). The molecule has 0 aromatic carbocycles. The number of aromatic nitrogens is 2. The molecule has 2 unspecified atom stereocenters. The summed E-state index contributed by atoms with van der Waals surface area (Å²) in [6, 6.07) is 1.77. The van der Waals surface area contributed by atoms with Crippen LogP contribution < -0.4 is 0 Å². The Morgan fingerprint density at radius 1 is 1.65 bits per heavy atom. The predicted molar refractivity (Wildman–Crippen MR) is 64.9 cm³/mol. The second-order valence-corrected chi connectivity index (χ2v) is 5.07. The highest BCUT2D eigenvalue weighted by Gasteiger charge is 2.43. The van der Waals surface area contributed by atoms with E-state index in [0.717, 1.165) is 19.3 Å². The molecular formula is C13H20N2O2. The van der Waals surface area contributed by atoms with Crippen LogP contribution in [0.1, 0.15) is 43.1 Å². The number of carbonyl (C=O) groups is 1. The second-order valence-electron chi connectivity index (χ2n) is 5.07. The van der Waals surface area contributed by atoms with Gasteiger partial charge in [0.25, 0.3) is 0 Å². The van der Waals surface area contributed by atoms with E-state index in [1.165, 1.54) is 6.42 Å². The van der Waals surface area contributed by atoms with Gasteiger partial charge in [-0.05, 0) is 31.2 Å². The first-order chi connectivity index (χ1) is 8.09. The normalized spacial score (nSPS) is 29.2. The molecule has 0 saturated heterocycles. The monoisotopic (exact) mass is 236 g/mol. The first-order valence-corrected chi connectivity index (χ1v) is 6.17. The molecule has 0 radical (unpaired) electrons. The van der Waals surface area contributed by atoms with Crippen molar-refractivity contribution in [2.45, 2.75) is 38.2 Å². The molecule has 1 aliphatic rings. The quantitative estimate of drug-likeness (QED) is 0.756. The number of ether oxygens (including phenoxy) is 1. The summed E-state index contributed by atoms with van der Waals surface area (Å²) in [5, 5.41) is 4.06. The van der Waals surface area contributed by atoms with Gasteiger partial charge in [-0.2, -0.15) is 5.10 Å². The third kappa shape index (κ3) is 2.14. The van der Waals surface area contributed by atoms with Gasteiger partial charge in [0.05, 0.1) is 0 Å². The molecule has 0 aliphatic heterocycles. The zero-order valence-corrected chi connectivity index (χ0v) is 10.8. The third-order valence-corrected chi connectivity index (χ3v) is 3.81. The molecule has 0 spiro atoms. The standard InChI is InChI=1S/C13H20N2O2/c1-10-5-4-7-13(9-10,17-3)12(16)11-6-8-14-15(11)2/h6,8,10H,4-5,7,9H2,1-3H3. The first-order valence-electron chi connectivity index (χ1n) is 6.17. The molecule has 2 atom stereocenters. The lowest BCUT2D eigenvalue weighted by Crippen LogP contribution is -2.45. The molecule has 1 heterocycles. The van der Waals surface area contributed by atoms with E-state index >= 15 is 0 Å². The lowest BCUT2D eigenvalue weighted by Gasteiger charge is -2.37. The van der Waals surface area contributed by atoms with E-state index in [-0.39, 0.29) is 5.78 Å². The van der Waals surface area contributed by atoms with Crippen LogP contribution in [0.15, 0.2) is 12.3 Å². The van der Waals surface area contributed by atoms with Crippen molar-refractivity contribution in [2.24, 2.45) is 13.0 Å². The maximum absolute atomic E-state index is 12.6. The minimum Gasteiger partial charge on any atom is -0.370 e. The van der Waals surface area contributed by atoms with Crippen molar-refractivity contribution in [2.75, 3.05) is 7.11 Å². The van der Waals surface area contributed by atoms with Gasteiger partial charge in [0.15, 0.2) is 0 Å². The second kappa shape index (κ2) is 4.61. The third-order valence-electron chi connectivity index (χ3n) is 3.81. The van der Waals surface area contributed by atoms with Gasteiger partial charge in [0.1, 0.15) is 11.3 Å². The largest absolute Gasteiger partial charge is 0.370 e. The molecule has 4 heteroatoms. The average Bonchev–Trinajstić information content (AvgIpc) is 2.74. The number of Topliss-reactive ketones (excluding diaryl/α,β-unsaturated/α-hetero) is 1. The number of hydrogen-bond acceptors (Lipinski definition) is 3. The summed E-state index contributed by atoms with van der Waals surface area (Å²) in [5.41, 5.74) is 0.00630. The molecule has 4 nitrogen and oxygen atoms in total. The Labute approximate surface area is 102 Å². The summed E-state index contributed by atoms with van der Waals surface area (Å²) in [7, 11) is 3.44. The van der Waals surface area contributed by atoms with Crippen LogP contribution in [0.25, 0.3) is 0 Å². The molecule has 0 N–H and O–H groups in total. The van der Waals surface area contributed by atoms with Crippen LogP contribution in [0.5, 0.6) is 0 Å². The molecule has 1 aromatic rings. The van der Waals surface area contributed by atoms with Crippen LogP contribution in [0, 0.1) is 5.92 Å². The van der Waals surface area contributed by atoms with Gasteiger partial charge in [0, 0.05) is 20.4 Å². The van der Waals surface area contributed by atoms with E-state index in [1.807, 2.05) is 0 Å². The van der Waals surface area contributed by atoms with Gasteiger partial charge in [-0.15, -0.1) is 0 Å². The van der Waals surface area contributed by atoms with Gasteiger partial charge in [0.2, 0.25) is 5.78 Å². The highest BCUT2D eigenvalue weighted by Crippen LogP contribution is 2.37. The topological polar surface area (TPSA) is 44.1 Å². The molecule has 1 saturated carbocycles.